The third kappa shape index (κ3) is 2.94. The first kappa shape index (κ1) is 16.4. The lowest BCUT2D eigenvalue weighted by atomic mass is 9.96. The van der Waals surface area contributed by atoms with Gasteiger partial charge in [0.05, 0.1) is 11.1 Å². The summed E-state index contributed by atoms with van der Waals surface area (Å²) in [4.78, 5) is 12.2. The van der Waals surface area contributed by atoms with Crippen molar-refractivity contribution in [2.45, 2.75) is 38.6 Å². The van der Waals surface area contributed by atoms with E-state index in [0.29, 0.717) is 11.0 Å². The molecule has 0 spiro atoms. The predicted molar refractivity (Wildman–Crippen MR) is 74.6 cm³/mol. The minimum Gasteiger partial charge on any atom is -0.463 e. The molecule has 0 unspecified atom stereocenters. The van der Waals surface area contributed by atoms with Crippen LogP contribution in [-0.4, -0.2) is 28.8 Å². The molecule has 0 saturated heterocycles. The van der Waals surface area contributed by atoms with Crippen LogP contribution in [0.5, 0.6) is 0 Å². The van der Waals surface area contributed by atoms with Crippen molar-refractivity contribution in [1.82, 2.24) is 5.32 Å². The molecule has 1 heterocycles. The second kappa shape index (κ2) is 5.31. The summed E-state index contributed by atoms with van der Waals surface area (Å²) in [6.45, 7) is 4.01. The van der Waals surface area contributed by atoms with Crippen molar-refractivity contribution >= 4 is 16.9 Å². The van der Waals surface area contributed by atoms with Crippen LogP contribution >= 0.6 is 0 Å². The Morgan fingerprint density at radius 2 is 1.95 bits per heavy atom. The molecule has 2 N–H and O–H groups in total. The smallest absolute Gasteiger partial charge is 0.416 e. The number of carbonyl (C=O) groups is 1. The Morgan fingerprint density at radius 3 is 2.55 bits per heavy atom. The first-order valence-electron chi connectivity index (χ1n) is 6.58. The summed E-state index contributed by atoms with van der Waals surface area (Å²) >= 11 is 0. The number of nitrogens with one attached hydrogen (secondary N) is 1. The molecule has 1 amide bonds. The van der Waals surface area contributed by atoms with Crippen molar-refractivity contribution in [3.63, 3.8) is 0 Å². The lowest BCUT2D eigenvalue weighted by molar-refractivity contribution is -0.222. The van der Waals surface area contributed by atoms with Gasteiger partial charge in [0.2, 0.25) is 0 Å². The van der Waals surface area contributed by atoms with Crippen molar-refractivity contribution in [3.8, 4) is 0 Å². The molecule has 0 aliphatic heterocycles. The lowest BCUT2D eigenvalue weighted by Gasteiger charge is -2.32. The van der Waals surface area contributed by atoms with E-state index < -0.39 is 23.7 Å². The molecule has 1 atom stereocenters. The van der Waals surface area contributed by atoms with E-state index in [2.05, 4.69) is 5.32 Å². The number of aliphatic hydroxyl groups excluding tert-OH is 1. The molecule has 0 radical (unpaired) electrons. The van der Waals surface area contributed by atoms with Gasteiger partial charge in [0.15, 0.2) is 6.10 Å². The Labute approximate surface area is 124 Å². The normalized spacial score (nSPS) is 14.1. The van der Waals surface area contributed by atoms with Gasteiger partial charge in [-0.25, -0.2) is 0 Å². The zero-order valence-corrected chi connectivity index (χ0v) is 12.3. The van der Waals surface area contributed by atoms with Gasteiger partial charge in [-0.2, -0.15) is 13.2 Å². The number of aliphatic hydroxyl groups is 1. The molecule has 120 valence electrons. The number of hydrogen-bond donors (Lipinski definition) is 2. The summed E-state index contributed by atoms with van der Waals surface area (Å²) < 4.78 is 43.2. The van der Waals surface area contributed by atoms with Crippen LogP contribution in [0.1, 0.15) is 29.8 Å². The van der Waals surface area contributed by atoms with Crippen molar-refractivity contribution in [2.75, 3.05) is 0 Å². The zero-order valence-electron chi connectivity index (χ0n) is 12.3. The van der Waals surface area contributed by atoms with Crippen molar-refractivity contribution < 1.29 is 27.5 Å². The van der Waals surface area contributed by atoms with Gasteiger partial charge < -0.3 is 14.8 Å². The van der Waals surface area contributed by atoms with Crippen LogP contribution in [0.2, 0.25) is 0 Å². The van der Waals surface area contributed by atoms with Gasteiger partial charge in [0.1, 0.15) is 11.8 Å². The van der Waals surface area contributed by atoms with Crippen LogP contribution < -0.4 is 5.32 Å². The Kier molecular flexibility index (Phi) is 3.95. The van der Waals surface area contributed by atoms with Crippen LogP contribution in [0.25, 0.3) is 11.0 Å². The Hall–Kier alpha value is -2.02. The van der Waals surface area contributed by atoms with Gasteiger partial charge in [-0.15, -0.1) is 0 Å². The number of fused-ring (bicyclic) bond motifs is 1. The SMILES string of the molecule is Cc1cccc2c(C(=O)NC(C)(C)[C@H](O)C(F)(F)F)coc12. The molecule has 0 bridgehead atoms. The minimum atomic E-state index is -4.83. The summed E-state index contributed by atoms with van der Waals surface area (Å²) in [5.74, 6) is -0.738. The van der Waals surface area contributed by atoms with Gasteiger partial charge in [0.25, 0.3) is 5.91 Å². The summed E-state index contributed by atoms with van der Waals surface area (Å²) in [5.41, 5.74) is -0.433. The summed E-state index contributed by atoms with van der Waals surface area (Å²) in [5, 5.41) is 12.1. The summed E-state index contributed by atoms with van der Waals surface area (Å²) in [7, 11) is 0. The van der Waals surface area contributed by atoms with Gasteiger partial charge >= 0.3 is 6.18 Å². The monoisotopic (exact) mass is 315 g/mol. The Morgan fingerprint density at radius 1 is 1.32 bits per heavy atom. The molecule has 7 heteroatoms. The number of alkyl halides is 3. The van der Waals surface area contributed by atoms with Crippen LogP contribution in [-0.2, 0) is 0 Å². The second-order valence-corrected chi connectivity index (χ2v) is 5.72. The predicted octanol–water partition coefficient (Wildman–Crippen LogP) is 3.17. The first-order chi connectivity index (χ1) is 10.0. The van der Waals surface area contributed by atoms with Gasteiger partial charge in [-0.05, 0) is 26.3 Å². The van der Waals surface area contributed by atoms with Gasteiger partial charge in [-0.3, -0.25) is 4.79 Å². The highest BCUT2D eigenvalue weighted by atomic mass is 19.4. The number of hydrogen-bond acceptors (Lipinski definition) is 3. The van der Waals surface area contributed by atoms with Gasteiger partial charge in [0, 0.05) is 5.39 Å². The minimum absolute atomic E-state index is 0.126. The maximum atomic E-state index is 12.6. The number of para-hydroxylation sites is 1. The maximum absolute atomic E-state index is 12.6. The molecule has 0 saturated carbocycles. The molecule has 0 aliphatic rings. The van der Waals surface area contributed by atoms with Crippen molar-refractivity contribution in [2.24, 2.45) is 0 Å². The highest BCUT2D eigenvalue weighted by molar-refractivity contribution is 6.06. The molecule has 0 fully saturated rings. The summed E-state index contributed by atoms with van der Waals surface area (Å²) in [6, 6.07) is 5.17. The van der Waals surface area contributed by atoms with Crippen LogP contribution in [0.3, 0.4) is 0 Å². The van der Waals surface area contributed by atoms with E-state index in [1.807, 2.05) is 0 Å². The molecule has 1 aromatic heterocycles. The fourth-order valence-electron chi connectivity index (χ4n) is 2.22. The second-order valence-electron chi connectivity index (χ2n) is 5.72. The van der Waals surface area contributed by atoms with Crippen molar-refractivity contribution in [3.05, 3.63) is 35.6 Å². The fraction of sp³-hybridized carbons (Fsp3) is 0.400. The molecular formula is C15H16F3NO3. The van der Waals surface area contributed by atoms with E-state index in [-0.39, 0.29) is 5.56 Å². The van der Waals surface area contributed by atoms with E-state index in [4.69, 9.17) is 4.42 Å². The average molecular weight is 315 g/mol. The number of amides is 1. The van der Waals surface area contributed by atoms with E-state index in [0.717, 1.165) is 19.4 Å². The molecule has 2 rings (SSSR count). The van der Waals surface area contributed by atoms with E-state index in [9.17, 15) is 23.1 Å². The topological polar surface area (TPSA) is 62.5 Å². The van der Waals surface area contributed by atoms with Crippen molar-refractivity contribution in [1.29, 1.82) is 0 Å². The number of rotatable bonds is 3. The largest absolute Gasteiger partial charge is 0.463 e. The number of halogens is 3. The van der Waals surface area contributed by atoms with Crippen LogP contribution in [0.15, 0.2) is 28.9 Å². The zero-order chi connectivity index (χ0) is 16.7. The third-order valence-electron chi connectivity index (χ3n) is 3.47. The number of benzene rings is 1. The van der Waals surface area contributed by atoms with Crippen LogP contribution in [0.4, 0.5) is 13.2 Å². The number of furan rings is 1. The Bertz CT molecular complexity index is 704. The average Bonchev–Trinajstić information content (AvgIpc) is 2.81. The van der Waals surface area contributed by atoms with Crippen LogP contribution in [0, 0.1) is 6.92 Å². The molecule has 22 heavy (non-hydrogen) atoms. The molecular weight excluding hydrogens is 299 g/mol. The molecule has 0 aliphatic carbocycles. The van der Waals surface area contributed by atoms with E-state index in [1.54, 1.807) is 25.1 Å². The lowest BCUT2D eigenvalue weighted by Crippen LogP contribution is -2.57. The molecule has 2 aromatic rings. The highest BCUT2D eigenvalue weighted by Crippen LogP contribution is 2.29. The summed E-state index contributed by atoms with van der Waals surface area (Å²) in [6.07, 6.45) is -6.31. The number of aryl methyl sites for hydroxylation is 1. The first-order valence-corrected chi connectivity index (χ1v) is 6.58. The third-order valence-corrected chi connectivity index (χ3v) is 3.47. The maximum Gasteiger partial charge on any atom is 0.416 e. The van der Waals surface area contributed by atoms with Gasteiger partial charge in [-0.1, -0.05) is 18.2 Å². The molecule has 4 nitrogen and oxygen atoms in total. The molecule has 1 aromatic carbocycles. The Balaban J connectivity index is 2.30. The van der Waals surface area contributed by atoms with E-state index >= 15 is 0 Å². The quantitative estimate of drug-likeness (QED) is 0.914. The standard InChI is InChI=1S/C15H16F3NO3/c1-8-5-4-6-9-10(7-22-11(8)9)12(20)19-14(2,3)13(21)15(16,17)18/h4-7,13,21H,1-3H3,(H,19,20)/t13-/m0/s1. The highest BCUT2D eigenvalue weighted by Gasteiger charge is 2.48. The fourth-order valence-corrected chi connectivity index (χ4v) is 2.22. The van der Waals surface area contributed by atoms with E-state index in [1.165, 1.54) is 6.26 Å². The number of carbonyl (C=O) groups excluding carboxylic acids is 1.